The summed E-state index contributed by atoms with van der Waals surface area (Å²) in [7, 11) is 0. The van der Waals surface area contributed by atoms with E-state index in [0.717, 1.165) is 0 Å². The van der Waals surface area contributed by atoms with Crippen molar-refractivity contribution in [1.82, 2.24) is 0 Å². The molecule has 9 atom stereocenters. The second-order valence-electron chi connectivity index (χ2n) is 10.7. The van der Waals surface area contributed by atoms with Gasteiger partial charge in [0.25, 0.3) is 0 Å². The Balaban J connectivity index is 1.80. The topological polar surface area (TPSA) is 113 Å². The largest absolute Gasteiger partial charge is 0.462 e. The molecule has 0 amide bonds. The van der Waals surface area contributed by atoms with Gasteiger partial charge in [0.2, 0.25) is 5.79 Å². The molecule has 0 radical (unpaired) electrons. The minimum Gasteiger partial charge on any atom is -0.462 e. The summed E-state index contributed by atoms with van der Waals surface area (Å²) < 4.78 is 11.6. The molecule has 0 aromatic heterocycles. The lowest BCUT2D eigenvalue weighted by atomic mass is 9.35. The lowest BCUT2D eigenvalue weighted by Crippen LogP contribution is -2.85. The molecule has 6 aliphatic rings. The summed E-state index contributed by atoms with van der Waals surface area (Å²) >= 11 is 0. The fourth-order valence-corrected chi connectivity index (χ4v) is 8.17. The van der Waals surface area contributed by atoms with Gasteiger partial charge in [-0.3, -0.25) is 9.59 Å². The average molecular weight is 406 g/mol. The molecular weight excluding hydrogens is 376 g/mol. The maximum Gasteiger partial charge on any atom is 0.302 e. The standard InChI is InChI=1S/C22H30O7/c1-10-12-7-13(29-11(2)23)15-20-9-28-22(27,21(15,8-12)17(10)25)18(26)16(20)19(3,4)6-5-14(20)24/h12-16,18,24,26-27H,1,5-9H2,2-4H3/t12-,13-,14+,15+,16-,18+,20+,21+,22-/m1/s1. The first kappa shape index (κ1) is 19.7. The van der Waals surface area contributed by atoms with Crippen LogP contribution in [0.4, 0.5) is 0 Å². The SMILES string of the molecule is C=C1C(=O)[C@]23C[C@H]1C[C@@H](OC(C)=O)[C@H]2[C@@]12CO[C@]3(O)[C@@H](O)[C@@H]1C(C)(C)CC[C@@H]2O. The van der Waals surface area contributed by atoms with Crippen molar-refractivity contribution in [3.63, 3.8) is 0 Å². The van der Waals surface area contributed by atoms with Crippen molar-refractivity contribution in [2.75, 3.05) is 6.61 Å². The number of carbonyl (C=O) groups excluding carboxylic acids is 2. The van der Waals surface area contributed by atoms with Crippen LogP contribution in [0.3, 0.4) is 0 Å². The summed E-state index contributed by atoms with van der Waals surface area (Å²) in [6.45, 7) is 9.36. The Morgan fingerprint density at radius 1 is 1.28 bits per heavy atom. The lowest BCUT2D eigenvalue weighted by Gasteiger charge is -2.74. The molecule has 0 unspecified atom stereocenters. The molecule has 3 N–H and O–H groups in total. The first-order chi connectivity index (χ1) is 13.4. The second-order valence-corrected chi connectivity index (χ2v) is 10.7. The number of ketones is 1. The highest BCUT2D eigenvalue weighted by Crippen LogP contribution is 2.76. The molecule has 6 fully saturated rings. The van der Waals surface area contributed by atoms with Crippen LogP contribution in [0, 0.1) is 34.0 Å². The Morgan fingerprint density at radius 2 is 1.97 bits per heavy atom. The molecule has 6 rings (SSSR count). The molecule has 160 valence electrons. The van der Waals surface area contributed by atoms with E-state index in [2.05, 4.69) is 6.58 Å². The Hall–Kier alpha value is -1.28. The number of Topliss-reactive ketones (excluding diaryl/α,β-unsaturated/α-hetero) is 1. The van der Waals surface area contributed by atoms with Gasteiger partial charge in [0, 0.05) is 24.2 Å². The summed E-state index contributed by atoms with van der Waals surface area (Å²) in [4.78, 5) is 25.5. The highest BCUT2D eigenvalue weighted by Gasteiger charge is 2.86. The van der Waals surface area contributed by atoms with Crippen LogP contribution in [0.15, 0.2) is 12.2 Å². The Labute approximate surface area is 170 Å². The van der Waals surface area contributed by atoms with Crippen molar-refractivity contribution in [3.05, 3.63) is 12.2 Å². The number of hydrogen-bond acceptors (Lipinski definition) is 7. The number of carbonyl (C=O) groups is 2. The van der Waals surface area contributed by atoms with E-state index >= 15 is 0 Å². The molecule has 0 aromatic rings. The minimum atomic E-state index is -2.09. The van der Waals surface area contributed by atoms with E-state index in [1.165, 1.54) is 6.92 Å². The van der Waals surface area contributed by atoms with E-state index in [4.69, 9.17) is 9.47 Å². The average Bonchev–Trinajstić information content (AvgIpc) is 2.82. The van der Waals surface area contributed by atoms with Gasteiger partial charge in [-0.1, -0.05) is 20.4 Å². The van der Waals surface area contributed by atoms with Crippen LogP contribution >= 0.6 is 0 Å². The molecule has 7 nitrogen and oxygen atoms in total. The Kier molecular flexibility index (Phi) is 3.73. The lowest BCUT2D eigenvalue weighted by molar-refractivity contribution is -0.455. The van der Waals surface area contributed by atoms with E-state index in [1.54, 1.807) is 0 Å². The number of hydrogen-bond donors (Lipinski definition) is 3. The van der Waals surface area contributed by atoms with Crippen LogP contribution in [-0.2, 0) is 19.1 Å². The predicted molar refractivity (Wildman–Crippen MR) is 100 cm³/mol. The third-order valence-corrected chi connectivity index (χ3v) is 9.08. The number of aliphatic hydroxyl groups excluding tert-OH is 2. The maximum absolute atomic E-state index is 13.6. The van der Waals surface area contributed by atoms with Gasteiger partial charge in [-0.05, 0) is 42.6 Å². The van der Waals surface area contributed by atoms with Crippen LogP contribution in [0.2, 0.25) is 0 Å². The van der Waals surface area contributed by atoms with Gasteiger partial charge in [0.15, 0.2) is 5.78 Å². The third-order valence-electron chi connectivity index (χ3n) is 9.08. The molecule has 2 aliphatic heterocycles. The number of esters is 1. The molecule has 7 heteroatoms. The molecule has 4 saturated carbocycles. The molecule has 4 aliphatic carbocycles. The number of aliphatic hydroxyl groups is 3. The van der Waals surface area contributed by atoms with E-state index < -0.39 is 58.1 Å². The van der Waals surface area contributed by atoms with E-state index in [-0.39, 0.29) is 18.3 Å². The van der Waals surface area contributed by atoms with Crippen molar-refractivity contribution in [2.45, 2.75) is 70.6 Å². The molecule has 29 heavy (non-hydrogen) atoms. The number of rotatable bonds is 1. The highest BCUT2D eigenvalue weighted by atomic mass is 16.6. The number of fused-ring (bicyclic) bond motifs is 2. The van der Waals surface area contributed by atoms with Gasteiger partial charge in [-0.25, -0.2) is 0 Å². The molecule has 4 bridgehead atoms. The summed E-state index contributed by atoms with van der Waals surface area (Å²) in [5.41, 5.74) is -2.46. The van der Waals surface area contributed by atoms with Crippen molar-refractivity contribution in [1.29, 1.82) is 0 Å². The van der Waals surface area contributed by atoms with Gasteiger partial charge in [-0.2, -0.15) is 0 Å². The number of ether oxygens (including phenoxy) is 2. The smallest absolute Gasteiger partial charge is 0.302 e. The quantitative estimate of drug-likeness (QED) is 0.439. The zero-order valence-electron chi connectivity index (χ0n) is 17.2. The van der Waals surface area contributed by atoms with E-state index in [0.29, 0.717) is 31.3 Å². The first-order valence-electron chi connectivity index (χ1n) is 10.6. The highest BCUT2D eigenvalue weighted by molar-refractivity contribution is 6.04. The Bertz CT molecular complexity index is 820. The van der Waals surface area contributed by atoms with Crippen LogP contribution in [-0.4, -0.2) is 57.8 Å². The Morgan fingerprint density at radius 3 is 2.62 bits per heavy atom. The van der Waals surface area contributed by atoms with Gasteiger partial charge in [0.1, 0.15) is 12.2 Å². The normalized spacial score (nSPS) is 54.7. The van der Waals surface area contributed by atoms with Crippen molar-refractivity contribution < 1.29 is 34.4 Å². The van der Waals surface area contributed by atoms with Gasteiger partial charge < -0.3 is 24.8 Å². The van der Waals surface area contributed by atoms with Crippen LogP contribution in [0.5, 0.6) is 0 Å². The van der Waals surface area contributed by atoms with Crippen molar-refractivity contribution in [3.8, 4) is 0 Å². The first-order valence-corrected chi connectivity index (χ1v) is 10.6. The summed E-state index contributed by atoms with van der Waals surface area (Å²) in [5, 5.41) is 34.6. The van der Waals surface area contributed by atoms with Crippen LogP contribution < -0.4 is 0 Å². The van der Waals surface area contributed by atoms with Gasteiger partial charge in [0.05, 0.1) is 18.1 Å². The summed E-state index contributed by atoms with van der Waals surface area (Å²) in [5.74, 6) is -4.25. The van der Waals surface area contributed by atoms with E-state index in [1.807, 2.05) is 13.8 Å². The van der Waals surface area contributed by atoms with E-state index in [9.17, 15) is 24.9 Å². The van der Waals surface area contributed by atoms with Crippen LogP contribution in [0.1, 0.15) is 46.5 Å². The summed E-state index contributed by atoms with van der Waals surface area (Å²) in [6, 6.07) is 0. The maximum atomic E-state index is 13.6. The van der Waals surface area contributed by atoms with Crippen molar-refractivity contribution >= 4 is 11.8 Å². The second kappa shape index (κ2) is 5.49. The number of allylic oxidation sites excluding steroid dienone is 1. The monoisotopic (exact) mass is 406 g/mol. The molecule has 0 aromatic carbocycles. The minimum absolute atomic E-state index is 0.0183. The fraction of sp³-hybridized carbons (Fsp3) is 0.818. The van der Waals surface area contributed by atoms with Gasteiger partial charge in [-0.15, -0.1) is 0 Å². The van der Waals surface area contributed by atoms with Crippen LogP contribution in [0.25, 0.3) is 0 Å². The zero-order valence-corrected chi connectivity index (χ0v) is 17.2. The summed E-state index contributed by atoms with van der Waals surface area (Å²) in [6.07, 6.45) is -0.914. The third kappa shape index (κ3) is 1.94. The molecule has 2 spiro atoms. The zero-order chi connectivity index (χ0) is 21.1. The fourth-order valence-electron chi connectivity index (χ4n) is 8.17. The predicted octanol–water partition coefficient (Wildman–Crippen LogP) is 0.946. The van der Waals surface area contributed by atoms with Gasteiger partial charge >= 0.3 is 5.97 Å². The molecule has 2 heterocycles. The van der Waals surface area contributed by atoms with Crippen molar-refractivity contribution in [2.24, 2.45) is 34.0 Å². The molecule has 2 saturated heterocycles. The molecular formula is C22H30O7.